The number of urea groups is 2. The number of amides is 4. The van der Waals surface area contributed by atoms with Gasteiger partial charge in [0.05, 0.1) is 0 Å². The Hall–Kier alpha value is -2.11. The molecule has 15 heavy (non-hydrogen) atoms. The average molecular weight is 208 g/mol. The van der Waals surface area contributed by atoms with E-state index in [2.05, 4.69) is 10.3 Å². The van der Waals surface area contributed by atoms with Gasteiger partial charge in [0, 0.05) is 24.6 Å². The van der Waals surface area contributed by atoms with Gasteiger partial charge in [-0.2, -0.15) is 0 Å². The number of aryl methyl sites for hydroxylation is 1. The van der Waals surface area contributed by atoms with Crippen LogP contribution in [0.4, 0.5) is 15.3 Å². The lowest BCUT2D eigenvalue weighted by Gasteiger charge is -2.13. The predicted octanol–water partition coefficient (Wildman–Crippen LogP) is 0.932. The van der Waals surface area contributed by atoms with Crippen molar-refractivity contribution in [2.24, 2.45) is 5.73 Å². The predicted molar refractivity (Wildman–Crippen MR) is 55.3 cm³/mol. The number of carbonyl (C=O) groups excluding carboxylic acids is 2. The maximum Gasteiger partial charge on any atom is 0.329 e. The molecule has 6 heteroatoms. The Morgan fingerprint density at radius 2 is 2.20 bits per heavy atom. The van der Waals surface area contributed by atoms with E-state index in [-0.39, 0.29) is 0 Å². The van der Waals surface area contributed by atoms with Crippen molar-refractivity contribution in [2.75, 3.05) is 12.4 Å². The monoisotopic (exact) mass is 208 g/mol. The molecule has 80 valence electrons. The van der Waals surface area contributed by atoms with Crippen LogP contribution in [0.1, 0.15) is 5.69 Å². The molecule has 0 spiro atoms. The number of aromatic nitrogens is 1. The molecule has 1 aromatic rings. The van der Waals surface area contributed by atoms with Crippen molar-refractivity contribution >= 4 is 17.7 Å². The zero-order valence-electron chi connectivity index (χ0n) is 8.52. The van der Waals surface area contributed by atoms with E-state index in [0.717, 1.165) is 10.6 Å². The molecule has 6 nitrogen and oxygen atoms in total. The van der Waals surface area contributed by atoms with E-state index < -0.39 is 12.1 Å². The van der Waals surface area contributed by atoms with Gasteiger partial charge in [0.15, 0.2) is 0 Å². The number of rotatable bonds is 1. The van der Waals surface area contributed by atoms with Crippen LogP contribution in [-0.4, -0.2) is 29.0 Å². The SMILES string of the molecule is Cc1cc(NC(=O)N(C)C(N)=O)ccn1. The molecule has 0 aromatic carbocycles. The van der Waals surface area contributed by atoms with Crippen LogP contribution in [0.5, 0.6) is 0 Å². The maximum atomic E-state index is 11.4. The fraction of sp³-hybridized carbons (Fsp3) is 0.222. The normalized spacial score (nSPS) is 9.47. The first-order valence-electron chi connectivity index (χ1n) is 4.27. The number of hydrogen-bond acceptors (Lipinski definition) is 3. The van der Waals surface area contributed by atoms with Gasteiger partial charge in [0.1, 0.15) is 0 Å². The number of anilines is 1. The first-order chi connectivity index (χ1) is 7.00. The van der Waals surface area contributed by atoms with Crippen molar-refractivity contribution < 1.29 is 9.59 Å². The van der Waals surface area contributed by atoms with Crippen molar-refractivity contribution in [1.29, 1.82) is 0 Å². The van der Waals surface area contributed by atoms with Crippen LogP contribution in [-0.2, 0) is 0 Å². The Labute approximate surface area is 87.1 Å². The molecular weight excluding hydrogens is 196 g/mol. The first kappa shape index (κ1) is 11.0. The van der Waals surface area contributed by atoms with Crippen molar-refractivity contribution in [1.82, 2.24) is 9.88 Å². The fourth-order valence-corrected chi connectivity index (χ4v) is 0.931. The standard InChI is InChI=1S/C9H12N4O2/c1-6-5-7(3-4-11-6)12-9(15)13(2)8(10)14/h3-5H,1-2H3,(H2,10,14)(H,11,12,15). The lowest BCUT2D eigenvalue weighted by molar-refractivity contribution is 0.208. The average Bonchev–Trinajstić information content (AvgIpc) is 2.16. The third-order valence-corrected chi connectivity index (χ3v) is 1.78. The number of nitrogens with zero attached hydrogens (tertiary/aromatic N) is 2. The van der Waals surface area contributed by atoms with Crippen LogP contribution in [0.2, 0.25) is 0 Å². The molecule has 0 bridgehead atoms. The Morgan fingerprint density at radius 3 is 2.73 bits per heavy atom. The van der Waals surface area contributed by atoms with Gasteiger partial charge in [-0.15, -0.1) is 0 Å². The lowest BCUT2D eigenvalue weighted by atomic mass is 10.3. The molecule has 0 saturated heterocycles. The first-order valence-corrected chi connectivity index (χ1v) is 4.27. The van der Waals surface area contributed by atoms with E-state index in [9.17, 15) is 9.59 Å². The van der Waals surface area contributed by atoms with Crippen molar-refractivity contribution in [3.8, 4) is 0 Å². The van der Waals surface area contributed by atoms with Crippen LogP contribution >= 0.6 is 0 Å². The molecule has 0 atom stereocenters. The van der Waals surface area contributed by atoms with Crippen molar-refractivity contribution in [2.45, 2.75) is 6.92 Å². The molecule has 3 N–H and O–H groups in total. The summed E-state index contributed by atoms with van der Waals surface area (Å²) >= 11 is 0. The van der Waals surface area contributed by atoms with Gasteiger partial charge < -0.3 is 11.1 Å². The van der Waals surface area contributed by atoms with Crippen LogP contribution in [0, 0.1) is 6.92 Å². The maximum absolute atomic E-state index is 11.4. The summed E-state index contributed by atoms with van der Waals surface area (Å²) in [5.74, 6) is 0. The van der Waals surface area contributed by atoms with Gasteiger partial charge in [0.2, 0.25) is 0 Å². The van der Waals surface area contributed by atoms with E-state index in [1.165, 1.54) is 7.05 Å². The number of pyridine rings is 1. The molecular formula is C9H12N4O2. The topological polar surface area (TPSA) is 88.3 Å². The fourth-order valence-electron chi connectivity index (χ4n) is 0.931. The molecule has 1 heterocycles. The van der Waals surface area contributed by atoms with E-state index >= 15 is 0 Å². The third-order valence-electron chi connectivity index (χ3n) is 1.78. The molecule has 0 aliphatic heterocycles. The van der Waals surface area contributed by atoms with Gasteiger partial charge in [0.25, 0.3) is 0 Å². The van der Waals surface area contributed by atoms with Crippen LogP contribution in [0.25, 0.3) is 0 Å². The molecule has 1 rings (SSSR count). The van der Waals surface area contributed by atoms with Gasteiger partial charge in [-0.25, -0.2) is 14.5 Å². The van der Waals surface area contributed by atoms with E-state index in [0.29, 0.717) is 5.69 Å². The molecule has 0 unspecified atom stereocenters. The summed E-state index contributed by atoms with van der Waals surface area (Å²) in [7, 11) is 1.30. The molecule has 0 aliphatic rings. The summed E-state index contributed by atoms with van der Waals surface area (Å²) in [5, 5.41) is 2.51. The second-order valence-corrected chi connectivity index (χ2v) is 3.01. The zero-order valence-corrected chi connectivity index (χ0v) is 8.52. The smallest absolute Gasteiger partial charge is 0.329 e. The zero-order chi connectivity index (χ0) is 11.4. The Bertz CT molecular complexity index is 391. The van der Waals surface area contributed by atoms with Gasteiger partial charge in [-0.05, 0) is 19.1 Å². The van der Waals surface area contributed by atoms with Gasteiger partial charge >= 0.3 is 12.1 Å². The van der Waals surface area contributed by atoms with Crippen molar-refractivity contribution in [3.05, 3.63) is 24.0 Å². The summed E-state index contributed by atoms with van der Waals surface area (Å²) in [6, 6.07) is 1.93. The Morgan fingerprint density at radius 1 is 1.53 bits per heavy atom. The molecule has 0 fully saturated rings. The minimum atomic E-state index is -0.807. The van der Waals surface area contributed by atoms with E-state index in [4.69, 9.17) is 5.73 Å². The quantitative estimate of drug-likeness (QED) is 0.719. The lowest BCUT2D eigenvalue weighted by Crippen LogP contribution is -2.40. The second kappa shape index (κ2) is 4.41. The van der Waals surface area contributed by atoms with Crippen LogP contribution < -0.4 is 11.1 Å². The summed E-state index contributed by atoms with van der Waals surface area (Å²) < 4.78 is 0. The van der Waals surface area contributed by atoms with Gasteiger partial charge in [-0.1, -0.05) is 0 Å². The minimum Gasteiger partial charge on any atom is -0.351 e. The summed E-state index contributed by atoms with van der Waals surface area (Å²) in [5.41, 5.74) is 6.28. The minimum absolute atomic E-state index is 0.570. The second-order valence-electron chi connectivity index (χ2n) is 3.01. The van der Waals surface area contributed by atoms with Gasteiger partial charge in [-0.3, -0.25) is 4.98 Å². The number of nitrogens with two attached hydrogens (primary N) is 1. The molecule has 1 aromatic heterocycles. The molecule has 4 amide bonds. The van der Waals surface area contributed by atoms with Crippen LogP contribution in [0.15, 0.2) is 18.3 Å². The summed E-state index contributed by atoms with van der Waals surface area (Å²) in [6.07, 6.45) is 1.56. The number of primary amides is 1. The van der Waals surface area contributed by atoms with Crippen LogP contribution in [0.3, 0.4) is 0 Å². The third kappa shape index (κ3) is 2.94. The number of carbonyl (C=O) groups is 2. The summed E-state index contributed by atoms with van der Waals surface area (Å²) in [4.78, 5) is 26.8. The highest BCUT2D eigenvalue weighted by atomic mass is 16.2. The molecule has 0 saturated carbocycles. The molecule has 0 radical (unpaired) electrons. The molecule has 0 aliphatic carbocycles. The highest BCUT2D eigenvalue weighted by Gasteiger charge is 2.12. The number of imide groups is 1. The highest BCUT2D eigenvalue weighted by Crippen LogP contribution is 2.07. The van der Waals surface area contributed by atoms with E-state index in [1.807, 2.05) is 0 Å². The Balaban J connectivity index is 2.70. The van der Waals surface area contributed by atoms with Crippen molar-refractivity contribution in [3.63, 3.8) is 0 Å². The number of nitrogens with one attached hydrogen (secondary N) is 1. The Kier molecular flexibility index (Phi) is 3.22. The summed E-state index contributed by atoms with van der Waals surface area (Å²) in [6.45, 7) is 1.80. The van der Waals surface area contributed by atoms with E-state index in [1.54, 1.807) is 25.3 Å². The highest BCUT2D eigenvalue weighted by molar-refractivity contribution is 5.99. The number of hydrogen-bond donors (Lipinski definition) is 2. The largest absolute Gasteiger partial charge is 0.351 e.